The van der Waals surface area contributed by atoms with Crippen LogP contribution < -0.4 is 20.4 Å². The van der Waals surface area contributed by atoms with E-state index < -0.39 is 5.91 Å². The molecule has 3 aromatic carbocycles. The number of hydrogen-bond acceptors (Lipinski definition) is 7. The molecule has 0 saturated heterocycles. The smallest absolute Gasteiger partial charge is 0.326 e. The topological polar surface area (TPSA) is 137 Å². The van der Waals surface area contributed by atoms with Gasteiger partial charge in [0.2, 0.25) is 6.41 Å². The molecule has 0 spiro atoms. The van der Waals surface area contributed by atoms with Crippen LogP contribution >= 0.6 is 0 Å². The molecule has 1 aromatic heterocycles. The number of carbonyl (C=O) groups is 2. The highest BCUT2D eigenvalue weighted by molar-refractivity contribution is 6.04. The SMILES string of the molecule is CC.CN(C)c1ccc(-c2nc(-c3cc(NC=O)c(O)c(NC(=O)C#N)c3)[nH]c2-c2ccc(N(C)C)cc2)cc1. The van der Waals surface area contributed by atoms with Crippen LogP contribution in [0, 0.1) is 11.3 Å². The Kier molecular flexibility index (Phi) is 9.49. The molecule has 4 N–H and O–H groups in total. The molecule has 40 heavy (non-hydrogen) atoms. The molecule has 1 heterocycles. The predicted molar refractivity (Wildman–Crippen MR) is 160 cm³/mol. The first-order chi connectivity index (χ1) is 19.2. The molecule has 4 aromatic rings. The average molecular weight is 540 g/mol. The Morgan fingerprint density at radius 1 is 0.900 bits per heavy atom. The minimum Gasteiger partial charge on any atom is -0.504 e. The molecular weight excluding hydrogens is 506 g/mol. The van der Waals surface area contributed by atoms with Crippen LogP contribution in [0.25, 0.3) is 33.9 Å². The molecule has 10 nitrogen and oxygen atoms in total. The number of rotatable bonds is 8. The van der Waals surface area contributed by atoms with Gasteiger partial charge in [0.05, 0.1) is 22.8 Å². The van der Waals surface area contributed by atoms with Crippen molar-refractivity contribution in [2.75, 3.05) is 48.6 Å². The second kappa shape index (κ2) is 13.0. The fraction of sp³-hybridized carbons (Fsp3) is 0.200. The van der Waals surface area contributed by atoms with E-state index in [-0.39, 0.29) is 17.1 Å². The van der Waals surface area contributed by atoms with Crippen molar-refractivity contribution in [2.45, 2.75) is 13.8 Å². The summed E-state index contributed by atoms with van der Waals surface area (Å²) in [5.41, 5.74) is 5.83. The van der Waals surface area contributed by atoms with E-state index in [4.69, 9.17) is 10.2 Å². The van der Waals surface area contributed by atoms with E-state index in [2.05, 4.69) is 15.6 Å². The molecular formula is C30H33N7O3. The van der Waals surface area contributed by atoms with Crippen molar-refractivity contribution in [3.05, 3.63) is 60.7 Å². The summed E-state index contributed by atoms with van der Waals surface area (Å²) in [4.78, 5) is 35.1. The average Bonchev–Trinajstić information content (AvgIpc) is 3.42. The van der Waals surface area contributed by atoms with Crippen LogP contribution in [0.3, 0.4) is 0 Å². The lowest BCUT2D eigenvalue weighted by Crippen LogP contribution is -2.09. The molecule has 2 amide bonds. The maximum Gasteiger partial charge on any atom is 0.326 e. The number of benzene rings is 3. The van der Waals surface area contributed by atoms with Gasteiger partial charge in [-0.1, -0.05) is 38.1 Å². The van der Waals surface area contributed by atoms with Gasteiger partial charge in [0.15, 0.2) is 11.8 Å². The quantitative estimate of drug-likeness (QED) is 0.135. The number of aromatic amines is 1. The standard InChI is InChI=1S/C28H27N7O3.C2H6/c1-34(2)20-9-5-17(6-10-20)25-26(18-7-11-21(12-8-18)35(3)4)33-28(32-25)19-13-22(30-16-36)27(38)23(14-19)31-24(37)15-29;1-2/h5-14,16,38H,1-4H3,(H,30,36)(H,31,37)(H,32,33);1-2H3. The van der Waals surface area contributed by atoms with Crippen LogP contribution in [0.15, 0.2) is 60.7 Å². The molecule has 4 rings (SSSR count). The van der Waals surface area contributed by atoms with Gasteiger partial charge in [-0.25, -0.2) is 4.98 Å². The van der Waals surface area contributed by atoms with E-state index >= 15 is 0 Å². The molecule has 0 unspecified atom stereocenters. The Labute approximate surface area is 233 Å². The number of amides is 2. The van der Waals surface area contributed by atoms with E-state index in [1.54, 1.807) is 0 Å². The van der Waals surface area contributed by atoms with Crippen LogP contribution in [0.2, 0.25) is 0 Å². The van der Waals surface area contributed by atoms with Crippen molar-refractivity contribution in [3.8, 4) is 45.7 Å². The number of anilines is 4. The number of nitriles is 1. The molecule has 0 aliphatic rings. The zero-order chi connectivity index (χ0) is 29.4. The highest BCUT2D eigenvalue weighted by Gasteiger charge is 2.19. The molecule has 0 aliphatic carbocycles. The van der Waals surface area contributed by atoms with Crippen molar-refractivity contribution < 1.29 is 14.7 Å². The first-order valence-electron chi connectivity index (χ1n) is 12.7. The lowest BCUT2D eigenvalue weighted by molar-refractivity contribution is -0.111. The number of H-pyrrole nitrogens is 1. The summed E-state index contributed by atoms with van der Waals surface area (Å²) < 4.78 is 0. The monoisotopic (exact) mass is 539 g/mol. The van der Waals surface area contributed by atoms with Gasteiger partial charge in [0, 0.05) is 56.3 Å². The third-order valence-corrected chi connectivity index (χ3v) is 5.98. The second-order valence-corrected chi connectivity index (χ2v) is 8.94. The van der Waals surface area contributed by atoms with Gasteiger partial charge >= 0.3 is 5.91 Å². The first-order valence-corrected chi connectivity index (χ1v) is 12.7. The van der Waals surface area contributed by atoms with Crippen molar-refractivity contribution in [1.29, 1.82) is 5.26 Å². The summed E-state index contributed by atoms with van der Waals surface area (Å²) in [6.07, 6.45) is 0.409. The van der Waals surface area contributed by atoms with E-state index in [1.807, 2.05) is 100 Å². The fourth-order valence-electron chi connectivity index (χ4n) is 3.96. The summed E-state index contributed by atoms with van der Waals surface area (Å²) >= 11 is 0. The van der Waals surface area contributed by atoms with Gasteiger partial charge < -0.3 is 30.5 Å². The molecule has 0 atom stereocenters. The minimum absolute atomic E-state index is 0.0384. The summed E-state index contributed by atoms with van der Waals surface area (Å²) in [6, 6.07) is 20.5. The Balaban J connectivity index is 0.00000216. The Morgan fingerprint density at radius 3 is 1.93 bits per heavy atom. The normalized spacial score (nSPS) is 10.0. The largest absolute Gasteiger partial charge is 0.504 e. The number of phenolic OH excluding ortho intramolecular Hbond substituents is 1. The molecule has 0 bridgehead atoms. The van der Waals surface area contributed by atoms with Crippen LogP contribution in [-0.4, -0.2) is 55.6 Å². The summed E-state index contributed by atoms with van der Waals surface area (Å²) in [6.45, 7) is 4.00. The number of aromatic hydroxyl groups is 1. The maximum atomic E-state index is 11.7. The lowest BCUT2D eigenvalue weighted by Gasteiger charge is -2.13. The zero-order valence-electron chi connectivity index (χ0n) is 23.4. The molecule has 0 aliphatic heterocycles. The van der Waals surface area contributed by atoms with E-state index in [0.29, 0.717) is 23.5 Å². The molecule has 0 fully saturated rings. The number of nitrogens with one attached hydrogen (secondary N) is 3. The number of hydrogen-bond donors (Lipinski definition) is 4. The summed E-state index contributed by atoms with van der Waals surface area (Å²) in [7, 11) is 7.88. The van der Waals surface area contributed by atoms with Crippen LogP contribution in [0.4, 0.5) is 22.7 Å². The summed E-state index contributed by atoms with van der Waals surface area (Å²) in [5, 5.41) is 24.2. The van der Waals surface area contributed by atoms with E-state index in [9.17, 15) is 14.7 Å². The van der Waals surface area contributed by atoms with Gasteiger partial charge in [-0.3, -0.25) is 9.59 Å². The number of nitrogens with zero attached hydrogens (tertiary/aromatic N) is 4. The van der Waals surface area contributed by atoms with Crippen molar-refractivity contribution >= 4 is 35.1 Å². The predicted octanol–water partition coefficient (Wildman–Crippen LogP) is 5.30. The third kappa shape index (κ3) is 6.39. The number of phenols is 1. The lowest BCUT2D eigenvalue weighted by atomic mass is 10.0. The van der Waals surface area contributed by atoms with Crippen LogP contribution in [0.5, 0.6) is 5.75 Å². The maximum absolute atomic E-state index is 11.7. The Bertz CT molecular complexity index is 1450. The number of aromatic nitrogens is 2. The van der Waals surface area contributed by atoms with Gasteiger partial charge in [-0.2, -0.15) is 5.26 Å². The number of imidazole rings is 1. The Hall–Kier alpha value is -5.30. The zero-order valence-corrected chi connectivity index (χ0v) is 23.4. The third-order valence-electron chi connectivity index (χ3n) is 5.98. The minimum atomic E-state index is -0.961. The number of carbonyl (C=O) groups excluding carboxylic acids is 2. The van der Waals surface area contributed by atoms with Gasteiger partial charge in [-0.15, -0.1) is 0 Å². The first kappa shape index (κ1) is 29.3. The van der Waals surface area contributed by atoms with Crippen LogP contribution in [0.1, 0.15) is 13.8 Å². The fourth-order valence-corrected chi connectivity index (χ4v) is 3.96. The molecule has 0 saturated carbocycles. The summed E-state index contributed by atoms with van der Waals surface area (Å²) in [5.74, 6) is -0.905. The van der Waals surface area contributed by atoms with Crippen molar-refractivity contribution in [1.82, 2.24) is 9.97 Å². The highest BCUT2D eigenvalue weighted by Crippen LogP contribution is 2.39. The molecule has 0 radical (unpaired) electrons. The molecule has 10 heteroatoms. The molecule has 206 valence electrons. The second-order valence-electron chi connectivity index (χ2n) is 8.94. The Morgan fingerprint density at radius 2 is 1.43 bits per heavy atom. The van der Waals surface area contributed by atoms with Gasteiger partial charge in [-0.05, 0) is 36.4 Å². The highest BCUT2D eigenvalue weighted by atomic mass is 16.3. The van der Waals surface area contributed by atoms with Crippen LogP contribution in [-0.2, 0) is 9.59 Å². The van der Waals surface area contributed by atoms with Crippen molar-refractivity contribution in [3.63, 3.8) is 0 Å². The van der Waals surface area contributed by atoms with Gasteiger partial charge in [0.1, 0.15) is 5.82 Å². The van der Waals surface area contributed by atoms with E-state index in [0.717, 1.165) is 28.2 Å². The van der Waals surface area contributed by atoms with E-state index in [1.165, 1.54) is 18.2 Å². The van der Waals surface area contributed by atoms with Crippen molar-refractivity contribution in [2.24, 2.45) is 0 Å². The van der Waals surface area contributed by atoms with Gasteiger partial charge in [0.25, 0.3) is 0 Å².